The largest absolute Gasteiger partial charge is 0.263 e. The lowest BCUT2D eigenvalue weighted by Gasteiger charge is -2.19. The van der Waals surface area contributed by atoms with Crippen molar-refractivity contribution in [2.75, 3.05) is 0 Å². The van der Waals surface area contributed by atoms with Crippen LogP contribution in [0.5, 0.6) is 0 Å². The Bertz CT molecular complexity index is 288. The van der Waals surface area contributed by atoms with Crippen LogP contribution in [0.1, 0.15) is 50.7 Å². The van der Waals surface area contributed by atoms with Crippen LogP contribution in [0.15, 0.2) is 24.3 Å². The molecule has 0 saturated carbocycles. The lowest BCUT2D eigenvalue weighted by atomic mass is 9.86. The van der Waals surface area contributed by atoms with Gasteiger partial charge in [0.25, 0.3) is 6.43 Å². The molecular weight excluding hydrogens is 194 g/mol. The summed E-state index contributed by atoms with van der Waals surface area (Å²) in [6.45, 7) is 6.45. The molecule has 0 fully saturated rings. The number of halogens is 2. The Morgan fingerprint density at radius 1 is 1.00 bits per heavy atom. The first-order valence-corrected chi connectivity index (χ1v) is 5.44. The summed E-state index contributed by atoms with van der Waals surface area (Å²) in [7, 11) is 0. The molecule has 0 aliphatic heterocycles. The molecule has 1 aromatic rings. The molecule has 0 unspecified atom stereocenters. The fourth-order valence-corrected chi connectivity index (χ4v) is 1.98. The maximum Gasteiger partial charge on any atom is 0.263 e. The molecule has 0 aromatic heterocycles. The van der Waals surface area contributed by atoms with Crippen LogP contribution in [0, 0.1) is 5.92 Å². The van der Waals surface area contributed by atoms with Crippen LogP contribution in [-0.2, 0) is 0 Å². The normalized spacial score (nSPS) is 13.5. The highest BCUT2D eigenvalue weighted by Crippen LogP contribution is 2.29. The van der Waals surface area contributed by atoms with Gasteiger partial charge in [0.1, 0.15) is 0 Å². The summed E-state index contributed by atoms with van der Waals surface area (Å²) in [5.74, 6) is 1.02. The number of alkyl halides is 2. The van der Waals surface area contributed by atoms with Crippen molar-refractivity contribution in [3.05, 3.63) is 35.4 Å². The first-order valence-electron chi connectivity index (χ1n) is 5.44. The van der Waals surface area contributed by atoms with Gasteiger partial charge in [-0.2, -0.15) is 0 Å². The molecule has 0 saturated heterocycles. The molecule has 0 aliphatic carbocycles. The third-order valence-corrected chi connectivity index (χ3v) is 2.86. The predicted octanol–water partition coefficient (Wildman–Crippen LogP) is 4.77. The van der Waals surface area contributed by atoms with Crippen LogP contribution in [0.2, 0.25) is 0 Å². The van der Waals surface area contributed by atoms with E-state index >= 15 is 0 Å². The maximum atomic E-state index is 12.3. The molecule has 0 bridgehead atoms. The highest BCUT2D eigenvalue weighted by molar-refractivity contribution is 5.26. The van der Waals surface area contributed by atoms with Gasteiger partial charge in [-0.1, -0.05) is 45.0 Å². The minimum atomic E-state index is -2.36. The van der Waals surface area contributed by atoms with Crippen molar-refractivity contribution < 1.29 is 8.78 Å². The molecule has 0 aliphatic rings. The van der Waals surface area contributed by atoms with E-state index in [2.05, 4.69) is 20.8 Å². The molecule has 0 heterocycles. The third kappa shape index (κ3) is 3.01. The summed E-state index contributed by atoms with van der Waals surface area (Å²) >= 11 is 0. The first-order chi connectivity index (χ1) is 7.06. The maximum absolute atomic E-state index is 12.3. The van der Waals surface area contributed by atoms with Gasteiger partial charge in [-0.3, -0.25) is 0 Å². The van der Waals surface area contributed by atoms with E-state index < -0.39 is 6.43 Å². The second kappa shape index (κ2) is 5.24. The van der Waals surface area contributed by atoms with Crippen LogP contribution < -0.4 is 0 Å². The fraction of sp³-hybridized carbons (Fsp3) is 0.538. The van der Waals surface area contributed by atoms with Crippen LogP contribution >= 0.6 is 0 Å². The topological polar surface area (TPSA) is 0 Å². The van der Waals surface area contributed by atoms with Crippen LogP contribution in [0.3, 0.4) is 0 Å². The van der Waals surface area contributed by atoms with Crippen LogP contribution in [0.4, 0.5) is 8.78 Å². The van der Waals surface area contributed by atoms with E-state index in [9.17, 15) is 8.78 Å². The van der Waals surface area contributed by atoms with Gasteiger partial charge in [0.2, 0.25) is 0 Å². The summed E-state index contributed by atoms with van der Waals surface area (Å²) in [5, 5.41) is 0. The molecule has 0 nitrogen and oxygen atoms in total. The molecule has 0 N–H and O–H groups in total. The molecule has 0 spiro atoms. The quantitative estimate of drug-likeness (QED) is 0.674. The molecule has 2 heteroatoms. The van der Waals surface area contributed by atoms with Crippen LogP contribution in [-0.4, -0.2) is 0 Å². The van der Waals surface area contributed by atoms with Crippen molar-refractivity contribution in [3.8, 4) is 0 Å². The first kappa shape index (κ1) is 12.2. The average molecular weight is 212 g/mol. The van der Waals surface area contributed by atoms with Gasteiger partial charge in [-0.15, -0.1) is 0 Å². The summed E-state index contributed by atoms with van der Waals surface area (Å²) in [6, 6.07) is 6.72. The SMILES string of the molecule is CC[C@@H](c1ccc(C(F)F)cc1)C(C)C. The van der Waals surface area contributed by atoms with E-state index in [1.807, 2.05) is 12.1 Å². The highest BCUT2D eigenvalue weighted by Gasteiger charge is 2.14. The zero-order chi connectivity index (χ0) is 11.4. The minimum absolute atomic E-state index is 0.109. The number of hydrogen-bond donors (Lipinski definition) is 0. The van der Waals surface area contributed by atoms with E-state index in [1.165, 1.54) is 12.1 Å². The zero-order valence-corrected chi connectivity index (χ0v) is 9.50. The van der Waals surface area contributed by atoms with Crippen molar-refractivity contribution in [1.29, 1.82) is 0 Å². The molecule has 1 aromatic carbocycles. The van der Waals surface area contributed by atoms with E-state index in [0.717, 1.165) is 12.0 Å². The van der Waals surface area contributed by atoms with Gasteiger partial charge < -0.3 is 0 Å². The van der Waals surface area contributed by atoms with Crippen LogP contribution in [0.25, 0.3) is 0 Å². The Balaban J connectivity index is 2.87. The molecule has 1 rings (SSSR count). The lowest BCUT2D eigenvalue weighted by molar-refractivity contribution is 0.151. The molecule has 0 amide bonds. The third-order valence-electron chi connectivity index (χ3n) is 2.86. The van der Waals surface area contributed by atoms with Crippen molar-refractivity contribution in [1.82, 2.24) is 0 Å². The number of rotatable bonds is 4. The zero-order valence-electron chi connectivity index (χ0n) is 9.50. The van der Waals surface area contributed by atoms with E-state index in [0.29, 0.717) is 11.8 Å². The van der Waals surface area contributed by atoms with Gasteiger partial charge in [0.05, 0.1) is 0 Å². The minimum Gasteiger partial charge on any atom is -0.205 e. The standard InChI is InChI=1S/C13H18F2/c1-4-12(9(2)3)10-5-7-11(8-6-10)13(14)15/h5-9,12-13H,4H2,1-3H3/t12-/m1/s1. The van der Waals surface area contributed by atoms with E-state index in [1.54, 1.807) is 0 Å². The van der Waals surface area contributed by atoms with E-state index in [-0.39, 0.29) is 5.56 Å². The Morgan fingerprint density at radius 2 is 1.47 bits per heavy atom. The summed E-state index contributed by atoms with van der Waals surface area (Å²) in [6.07, 6.45) is -1.32. The van der Waals surface area contributed by atoms with E-state index in [4.69, 9.17) is 0 Å². The Morgan fingerprint density at radius 3 is 1.80 bits per heavy atom. The predicted molar refractivity (Wildman–Crippen MR) is 59.3 cm³/mol. The number of hydrogen-bond acceptors (Lipinski definition) is 0. The monoisotopic (exact) mass is 212 g/mol. The second-order valence-electron chi connectivity index (χ2n) is 4.23. The summed E-state index contributed by atoms with van der Waals surface area (Å²) in [5.41, 5.74) is 1.27. The highest BCUT2D eigenvalue weighted by atomic mass is 19.3. The number of benzene rings is 1. The Hall–Kier alpha value is -0.920. The lowest BCUT2D eigenvalue weighted by Crippen LogP contribution is -2.05. The molecule has 15 heavy (non-hydrogen) atoms. The van der Waals surface area contributed by atoms with Gasteiger partial charge in [0, 0.05) is 5.56 Å². The smallest absolute Gasteiger partial charge is 0.205 e. The van der Waals surface area contributed by atoms with Crippen molar-refractivity contribution >= 4 is 0 Å². The molecule has 0 radical (unpaired) electrons. The Kier molecular flexibility index (Phi) is 4.25. The fourth-order valence-electron chi connectivity index (χ4n) is 1.98. The van der Waals surface area contributed by atoms with Gasteiger partial charge in [-0.25, -0.2) is 8.78 Å². The van der Waals surface area contributed by atoms with Crippen molar-refractivity contribution in [2.24, 2.45) is 5.92 Å². The van der Waals surface area contributed by atoms with Gasteiger partial charge in [0.15, 0.2) is 0 Å². The molecular formula is C13H18F2. The van der Waals surface area contributed by atoms with Gasteiger partial charge in [-0.05, 0) is 23.8 Å². The summed E-state index contributed by atoms with van der Waals surface area (Å²) in [4.78, 5) is 0. The van der Waals surface area contributed by atoms with Crippen molar-refractivity contribution in [2.45, 2.75) is 39.5 Å². The molecule has 84 valence electrons. The summed E-state index contributed by atoms with van der Waals surface area (Å²) < 4.78 is 24.7. The second-order valence-corrected chi connectivity index (χ2v) is 4.23. The van der Waals surface area contributed by atoms with Crippen molar-refractivity contribution in [3.63, 3.8) is 0 Å². The van der Waals surface area contributed by atoms with Gasteiger partial charge >= 0.3 is 0 Å². The Labute approximate surface area is 90.3 Å². The molecule has 1 atom stereocenters. The average Bonchev–Trinajstić information content (AvgIpc) is 2.19.